The second kappa shape index (κ2) is 9.19. The number of aliphatic carboxylic acids is 1. The molecule has 172 valence electrons. The number of nitrogens with zero attached hydrogens (tertiary/aromatic N) is 3. The van der Waals surface area contributed by atoms with Crippen molar-refractivity contribution in [3.8, 4) is 22.8 Å². The molecule has 0 radical (unpaired) electrons. The zero-order chi connectivity index (χ0) is 23.4. The number of hydrogen-bond acceptors (Lipinski definition) is 8. The van der Waals surface area contributed by atoms with Crippen molar-refractivity contribution in [3.63, 3.8) is 0 Å². The van der Waals surface area contributed by atoms with E-state index in [2.05, 4.69) is 20.4 Å². The van der Waals surface area contributed by atoms with Crippen LogP contribution in [0.3, 0.4) is 0 Å². The van der Waals surface area contributed by atoms with E-state index in [1.165, 1.54) is 19.3 Å². The van der Waals surface area contributed by atoms with Crippen LogP contribution in [0.2, 0.25) is 0 Å². The highest BCUT2D eigenvalue weighted by Gasteiger charge is 2.42. The van der Waals surface area contributed by atoms with Crippen LogP contribution in [0, 0.1) is 0 Å². The number of ether oxygens (including phenoxy) is 3. The fourth-order valence-corrected chi connectivity index (χ4v) is 3.55. The molecule has 33 heavy (non-hydrogen) atoms. The standard InChI is InChI=1S/C23H24N4O6/c1-4-24-22(33-23(2,21(28)29)18-9-12-32-27-18)26-20-15(5-6-17-16(20)8-11-31-17)14-7-10-25-19(13-14)30-3/h5-7,9-10,12-13H,4,8,11H2,1-3H3,(H,24,26)(H,28,29). The van der Waals surface area contributed by atoms with Gasteiger partial charge in [-0.05, 0) is 37.6 Å². The van der Waals surface area contributed by atoms with Crippen LogP contribution in [0.25, 0.3) is 11.1 Å². The van der Waals surface area contributed by atoms with Gasteiger partial charge in [-0.15, -0.1) is 0 Å². The maximum Gasteiger partial charge on any atom is 0.354 e. The number of aromatic nitrogens is 2. The zero-order valence-corrected chi connectivity index (χ0v) is 18.5. The molecular formula is C23H24N4O6. The molecule has 2 aromatic heterocycles. The van der Waals surface area contributed by atoms with Crippen LogP contribution < -0.4 is 14.8 Å². The number of carboxylic acid groups (broad SMARTS) is 1. The first-order chi connectivity index (χ1) is 16.0. The van der Waals surface area contributed by atoms with Crippen molar-refractivity contribution in [1.82, 2.24) is 10.1 Å². The Morgan fingerprint density at radius 2 is 2.18 bits per heavy atom. The minimum absolute atomic E-state index is 0.0352. The minimum Gasteiger partial charge on any atom is -0.493 e. The summed E-state index contributed by atoms with van der Waals surface area (Å²) in [5.41, 5.74) is 1.63. The molecule has 1 aliphatic heterocycles. The van der Waals surface area contributed by atoms with Crippen LogP contribution in [0.15, 0.2) is 52.3 Å². The SMILES string of the molecule is CCN=C(Nc1c(-c2ccnc(OC)c2)ccc2c1CCO2)OC(C)(C(=O)O)c1ccon1. The predicted octanol–water partition coefficient (Wildman–Crippen LogP) is 3.48. The Morgan fingerprint density at radius 3 is 2.88 bits per heavy atom. The Hall–Kier alpha value is -4.08. The molecule has 1 aromatic carbocycles. The molecule has 3 heterocycles. The van der Waals surface area contributed by atoms with E-state index in [1.807, 2.05) is 31.2 Å². The first-order valence-corrected chi connectivity index (χ1v) is 10.4. The minimum atomic E-state index is -1.82. The van der Waals surface area contributed by atoms with Gasteiger partial charge in [-0.3, -0.25) is 0 Å². The Morgan fingerprint density at radius 1 is 1.33 bits per heavy atom. The summed E-state index contributed by atoms with van der Waals surface area (Å²) in [7, 11) is 1.55. The maximum absolute atomic E-state index is 12.1. The smallest absolute Gasteiger partial charge is 0.354 e. The third-order valence-corrected chi connectivity index (χ3v) is 5.30. The van der Waals surface area contributed by atoms with E-state index in [0.29, 0.717) is 31.1 Å². The monoisotopic (exact) mass is 452 g/mol. The highest BCUT2D eigenvalue weighted by molar-refractivity contribution is 5.98. The summed E-state index contributed by atoms with van der Waals surface area (Å²) in [5, 5.41) is 16.9. The molecule has 1 atom stereocenters. The van der Waals surface area contributed by atoms with Gasteiger partial charge in [-0.2, -0.15) is 0 Å². The van der Waals surface area contributed by atoms with Crippen molar-refractivity contribution in [2.75, 3.05) is 25.6 Å². The second-order valence-corrected chi connectivity index (χ2v) is 7.38. The highest BCUT2D eigenvalue weighted by atomic mass is 16.5. The number of amidine groups is 1. The average Bonchev–Trinajstić information content (AvgIpc) is 3.52. The topological polar surface area (TPSA) is 128 Å². The fraction of sp³-hybridized carbons (Fsp3) is 0.304. The number of nitrogens with one attached hydrogen (secondary N) is 1. The number of fused-ring (bicyclic) bond motifs is 1. The van der Waals surface area contributed by atoms with Gasteiger partial charge >= 0.3 is 5.97 Å². The quantitative estimate of drug-likeness (QED) is 0.409. The Kier molecular flexibility index (Phi) is 6.16. The van der Waals surface area contributed by atoms with E-state index in [0.717, 1.165) is 22.4 Å². The maximum atomic E-state index is 12.1. The van der Waals surface area contributed by atoms with Gasteiger partial charge in [0.05, 0.1) is 19.4 Å². The van der Waals surface area contributed by atoms with Crippen LogP contribution >= 0.6 is 0 Å². The molecule has 0 bridgehead atoms. The number of methoxy groups -OCH3 is 1. The lowest BCUT2D eigenvalue weighted by atomic mass is 9.99. The number of pyridine rings is 1. The predicted molar refractivity (Wildman–Crippen MR) is 120 cm³/mol. The highest BCUT2D eigenvalue weighted by Crippen LogP contribution is 2.40. The number of benzene rings is 1. The number of anilines is 1. The van der Waals surface area contributed by atoms with E-state index in [4.69, 9.17) is 18.7 Å². The molecule has 0 amide bonds. The molecule has 10 heteroatoms. The van der Waals surface area contributed by atoms with Gasteiger partial charge in [-0.1, -0.05) is 5.16 Å². The fourth-order valence-electron chi connectivity index (χ4n) is 3.55. The normalized spacial score (nSPS) is 14.7. The zero-order valence-electron chi connectivity index (χ0n) is 18.5. The van der Waals surface area contributed by atoms with Crippen LogP contribution in [0.1, 0.15) is 25.1 Å². The third kappa shape index (κ3) is 4.32. The molecule has 1 unspecified atom stereocenters. The lowest BCUT2D eigenvalue weighted by molar-refractivity contribution is -0.156. The average molecular weight is 452 g/mol. The van der Waals surface area contributed by atoms with Gasteiger partial charge < -0.3 is 29.2 Å². The summed E-state index contributed by atoms with van der Waals surface area (Å²) < 4.78 is 21.8. The van der Waals surface area contributed by atoms with Gasteiger partial charge in [-0.25, -0.2) is 14.8 Å². The van der Waals surface area contributed by atoms with Crippen molar-refractivity contribution in [2.24, 2.45) is 4.99 Å². The van der Waals surface area contributed by atoms with Gasteiger partial charge in [0.2, 0.25) is 5.88 Å². The lowest BCUT2D eigenvalue weighted by Gasteiger charge is -2.26. The number of hydrogen-bond donors (Lipinski definition) is 2. The third-order valence-electron chi connectivity index (χ3n) is 5.30. The number of carboxylic acids is 1. The molecule has 3 aromatic rings. The molecule has 0 saturated heterocycles. The van der Waals surface area contributed by atoms with Crippen molar-refractivity contribution in [2.45, 2.75) is 25.9 Å². The molecule has 1 aliphatic rings. The van der Waals surface area contributed by atoms with Crippen LogP contribution in [0.4, 0.5) is 5.69 Å². The number of aliphatic imine (C=N–C) groups is 1. The summed E-state index contributed by atoms with van der Waals surface area (Å²) >= 11 is 0. The summed E-state index contributed by atoms with van der Waals surface area (Å²) in [5.74, 6) is -0.0169. The van der Waals surface area contributed by atoms with Gasteiger partial charge in [0.1, 0.15) is 17.7 Å². The summed E-state index contributed by atoms with van der Waals surface area (Å²) in [4.78, 5) is 20.7. The Balaban J connectivity index is 1.77. The molecular weight excluding hydrogens is 428 g/mol. The van der Waals surface area contributed by atoms with Crippen molar-refractivity contribution in [3.05, 3.63) is 54.0 Å². The van der Waals surface area contributed by atoms with E-state index >= 15 is 0 Å². The van der Waals surface area contributed by atoms with Crippen LogP contribution in [0.5, 0.6) is 11.6 Å². The Labute approximate surface area is 190 Å². The van der Waals surface area contributed by atoms with E-state index in [-0.39, 0.29) is 11.7 Å². The Bertz CT molecular complexity index is 1180. The number of carbonyl (C=O) groups is 1. The van der Waals surface area contributed by atoms with Gasteiger partial charge in [0.15, 0.2) is 0 Å². The molecule has 0 aliphatic carbocycles. The van der Waals surface area contributed by atoms with E-state index in [1.54, 1.807) is 13.3 Å². The molecule has 0 fully saturated rings. The molecule has 10 nitrogen and oxygen atoms in total. The summed E-state index contributed by atoms with van der Waals surface area (Å²) in [6.07, 6.45) is 3.62. The van der Waals surface area contributed by atoms with Gasteiger partial charge in [0, 0.05) is 42.4 Å². The van der Waals surface area contributed by atoms with Crippen LogP contribution in [-0.4, -0.2) is 47.5 Å². The summed E-state index contributed by atoms with van der Waals surface area (Å²) in [6.45, 7) is 4.13. The lowest BCUT2D eigenvalue weighted by Crippen LogP contribution is -2.40. The van der Waals surface area contributed by atoms with E-state index in [9.17, 15) is 9.90 Å². The molecule has 4 rings (SSSR count). The molecule has 0 spiro atoms. The first kappa shape index (κ1) is 22.1. The van der Waals surface area contributed by atoms with Crippen molar-refractivity contribution in [1.29, 1.82) is 0 Å². The largest absolute Gasteiger partial charge is 0.493 e. The summed E-state index contributed by atoms with van der Waals surface area (Å²) in [6, 6.07) is 8.98. The molecule has 0 saturated carbocycles. The van der Waals surface area contributed by atoms with Gasteiger partial charge in [0.25, 0.3) is 11.6 Å². The first-order valence-electron chi connectivity index (χ1n) is 10.4. The van der Waals surface area contributed by atoms with Crippen molar-refractivity contribution >= 4 is 17.7 Å². The number of rotatable bonds is 7. The second-order valence-electron chi connectivity index (χ2n) is 7.38. The van der Waals surface area contributed by atoms with Crippen molar-refractivity contribution < 1.29 is 28.6 Å². The van der Waals surface area contributed by atoms with Crippen LogP contribution in [-0.2, 0) is 21.6 Å². The van der Waals surface area contributed by atoms with E-state index < -0.39 is 11.6 Å². The molecule has 2 N–H and O–H groups in total.